The Hall–Kier alpha value is -4.23. The summed E-state index contributed by atoms with van der Waals surface area (Å²) in [5.74, 6) is 2.16. The topological polar surface area (TPSA) is 97.4 Å². The van der Waals surface area contributed by atoms with Crippen LogP contribution in [0, 0.1) is 22.7 Å². The summed E-state index contributed by atoms with van der Waals surface area (Å²) in [4.78, 5) is 4.34. The number of methoxy groups -OCH3 is 2. The molecule has 3 aromatic rings. The number of nitriles is 2. The van der Waals surface area contributed by atoms with Crippen molar-refractivity contribution < 1.29 is 18.9 Å². The summed E-state index contributed by atoms with van der Waals surface area (Å²) in [5.41, 5.74) is 0.981. The summed E-state index contributed by atoms with van der Waals surface area (Å²) >= 11 is 0. The molecule has 0 saturated carbocycles. The fraction of sp³-hybridized carbons (Fsp3) is 0.0952. The van der Waals surface area contributed by atoms with E-state index in [1.54, 1.807) is 54.6 Å². The zero-order valence-corrected chi connectivity index (χ0v) is 15.2. The number of rotatable bonds is 6. The van der Waals surface area contributed by atoms with E-state index in [1.165, 1.54) is 14.2 Å². The van der Waals surface area contributed by atoms with Crippen molar-refractivity contribution in [1.82, 2.24) is 4.98 Å². The second-order valence-electron chi connectivity index (χ2n) is 5.47. The zero-order chi connectivity index (χ0) is 19.9. The molecule has 0 aliphatic carbocycles. The molecule has 1 aromatic heterocycles. The Labute approximate surface area is 161 Å². The molecule has 7 nitrogen and oxygen atoms in total. The molecular formula is C21H15N3O4. The standard InChI is InChI=1S/C21H15N3O4/c1-25-18-9-10-20(27-16-6-3-14(12-22)4-7-16)24-21(18)28-17-8-5-15(13-23)11-19(17)26-2/h3-11H,1-2H3. The lowest BCUT2D eigenvalue weighted by Crippen LogP contribution is -1.97. The summed E-state index contributed by atoms with van der Waals surface area (Å²) in [7, 11) is 2.99. The van der Waals surface area contributed by atoms with Crippen molar-refractivity contribution in [3.8, 4) is 46.9 Å². The van der Waals surface area contributed by atoms with E-state index in [0.717, 1.165) is 0 Å². The molecule has 28 heavy (non-hydrogen) atoms. The summed E-state index contributed by atoms with van der Waals surface area (Å²) in [6, 6.07) is 18.8. The molecule has 0 radical (unpaired) electrons. The van der Waals surface area contributed by atoms with Gasteiger partial charge in [-0.1, -0.05) is 0 Å². The van der Waals surface area contributed by atoms with Crippen LogP contribution in [0.3, 0.4) is 0 Å². The van der Waals surface area contributed by atoms with Crippen LogP contribution in [0.1, 0.15) is 11.1 Å². The average molecular weight is 373 g/mol. The van der Waals surface area contributed by atoms with Crippen molar-refractivity contribution in [3.05, 3.63) is 65.7 Å². The summed E-state index contributed by atoms with van der Waals surface area (Å²) < 4.78 is 22.1. The van der Waals surface area contributed by atoms with Crippen molar-refractivity contribution >= 4 is 0 Å². The van der Waals surface area contributed by atoms with Crippen molar-refractivity contribution in [2.75, 3.05) is 14.2 Å². The third kappa shape index (κ3) is 4.12. The maximum absolute atomic E-state index is 9.02. The molecule has 0 N–H and O–H groups in total. The first-order valence-electron chi connectivity index (χ1n) is 8.16. The minimum atomic E-state index is 0.177. The molecule has 0 spiro atoms. The Morgan fingerprint density at radius 2 is 1.36 bits per heavy atom. The van der Waals surface area contributed by atoms with Crippen LogP contribution in [0.25, 0.3) is 0 Å². The van der Waals surface area contributed by atoms with Crippen LogP contribution in [0.5, 0.6) is 34.8 Å². The molecule has 0 aliphatic rings. The van der Waals surface area contributed by atoms with Gasteiger partial charge in [0.2, 0.25) is 5.88 Å². The van der Waals surface area contributed by atoms with Crippen molar-refractivity contribution in [2.24, 2.45) is 0 Å². The molecule has 1 heterocycles. The van der Waals surface area contributed by atoms with Crippen LogP contribution in [0.4, 0.5) is 0 Å². The van der Waals surface area contributed by atoms with Crippen molar-refractivity contribution in [3.63, 3.8) is 0 Å². The third-order valence-electron chi connectivity index (χ3n) is 3.72. The molecule has 138 valence electrons. The van der Waals surface area contributed by atoms with Gasteiger partial charge >= 0.3 is 0 Å². The van der Waals surface area contributed by atoms with E-state index < -0.39 is 0 Å². The van der Waals surface area contributed by atoms with Gasteiger partial charge in [-0.2, -0.15) is 15.5 Å². The highest BCUT2D eigenvalue weighted by molar-refractivity contribution is 5.50. The number of ether oxygens (including phenoxy) is 4. The number of nitrogens with zero attached hydrogens (tertiary/aromatic N) is 3. The minimum absolute atomic E-state index is 0.177. The largest absolute Gasteiger partial charge is 0.493 e. The van der Waals surface area contributed by atoms with Gasteiger partial charge < -0.3 is 18.9 Å². The number of benzene rings is 2. The molecule has 0 saturated heterocycles. The van der Waals surface area contributed by atoms with E-state index >= 15 is 0 Å². The first-order valence-corrected chi connectivity index (χ1v) is 8.16. The Morgan fingerprint density at radius 1 is 0.714 bits per heavy atom. The predicted molar refractivity (Wildman–Crippen MR) is 99.8 cm³/mol. The van der Waals surface area contributed by atoms with Crippen molar-refractivity contribution in [2.45, 2.75) is 0 Å². The summed E-state index contributed by atoms with van der Waals surface area (Å²) in [6.45, 7) is 0. The second kappa shape index (κ2) is 8.43. The van der Waals surface area contributed by atoms with E-state index in [2.05, 4.69) is 4.98 Å². The van der Waals surface area contributed by atoms with Crippen molar-refractivity contribution in [1.29, 1.82) is 10.5 Å². The first kappa shape index (κ1) is 18.6. The maximum atomic E-state index is 9.02. The smallest absolute Gasteiger partial charge is 0.265 e. The highest BCUT2D eigenvalue weighted by atomic mass is 16.5. The van der Waals surface area contributed by atoms with Gasteiger partial charge in [0.15, 0.2) is 17.2 Å². The summed E-state index contributed by atoms with van der Waals surface area (Å²) in [6.07, 6.45) is 0. The molecule has 3 rings (SSSR count). The lowest BCUT2D eigenvalue weighted by molar-refractivity contribution is 0.342. The average Bonchev–Trinajstić information content (AvgIpc) is 2.75. The third-order valence-corrected chi connectivity index (χ3v) is 3.72. The lowest BCUT2D eigenvalue weighted by Gasteiger charge is -2.13. The van der Waals surface area contributed by atoms with E-state index in [-0.39, 0.29) is 11.8 Å². The predicted octanol–water partition coefficient (Wildman–Crippen LogP) is 4.43. The monoisotopic (exact) mass is 373 g/mol. The Bertz CT molecular complexity index is 1070. The molecule has 0 amide bonds. The van der Waals surface area contributed by atoms with Crippen LogP contribution < -0.4 is 18.9 Å². The number of hydrogen-bond donors (Lipinski definition) is 0. The molecule has 0 atom stereocenters. The second-order valence-corrected chi connectivity index (χ2v) is 5.47. The molecule has 2 aromatic carbocycles. The van der Waals surface area contributed by atoms with Crippen LogP contribution in [0.15, 0.2) is 54.6 Å². The summed E-state index contributed by atoms with van der Waals surface area (Å²) in [5, 5.41) is 17.9. The SMILES string of the molecule is COc1cc(C#N)ccc1Oc1nc(Oc2ccc(C#N)cc2)ccc1OC. The van der Waals surface area contributed by atoms with Crippen LogP contribution in [-0.2, 0) is 0 Å². The molecule has 0 unspecified atom stereocenters. The van der Waals surface area contributed by atoms with Gasteiger partial charge in [-0.25, -0.2) is 0 Å². The quantitative estimate of drug-likeness (QED) is 0.630. The van der Waals surface area contributed by atoms with Crippen LogP contribution in [0.2, 0.25) is 0 Å². The van der Waals surface area contributed by atoms with E-state index in [4.69, 9.17) is 29.5 Å². The molecule has 0 fully saturated rings. The molecule has 0 bridgehead atoms. The fourth-order valence-corrected chi connectivity index (χ4v) is 2.34. The van der Waals surface area contributed by atoms with Gasteiger partial charge in [0.1, 0.15) is 5.75 Å². The fourth-order valence-electron chi connectivity index (χ4n) is 2.34. The van der Waals surface area contributed by atoms with Gasteiger partial charge in [-0.15, -0.1) is 0 Å². The number of pyridine rings is 1. The van der Waals surface area contributed by atoms with E-state index in [9.17, 15) is 0 Å². The normalized spacial score (nSPS) is 9.71. The van der Waals surface area contributed by atoms with Gasteiger partial charge in [0.05, 0.1) is 37.5 Å². The van der Waals surface area contributed by atoms with Gasteiger partial charge in [0.25, 0.3) is 5.88 Å². The number of hydrogen-bond acceptors (Lipinski definition) is 7. The highest BCUT2D eigenvalue weighted by Gasteiger charge is 2.14. The van der Waals surface area contributed by atoms with E-state index in [0.29, 0.717) is 34.1 Å². The van der Waals surface area contributed by atoms with Gasteiger partial charge in [0, 0.05) is 12.1 Å². The highest BCUT2D eigenvalue weighted by Crippen LogP contribution is 2.37. The molecule has 7 heteroatoms. The Balaban J connectivity index is 1.89. The van der Waals surface area contributed by atoms with Gasteiger partial charge in [-0.05, 0) is 42.5 Å². The maximum Gasteiger partial charge on any atom is 0.265 e. The minimum Gasteiger partial charge on any atom is -0.493 e. The Morgan fingerprint density at radius 3 is 2.00 bits per heavy atom. The first-order chi connectivity index (χ1) is 13.7. The van der Waals surface area contributed by atoms with E-state index in [1.807, 2.05) is 12.1 Å². The Kier molecular flexibility index (Phi) is 5.59. The zero-order valence-electron chi connectivity index (χ0n) is 15.2. The molecular weight excluding hydrogens is 358 g/mol. The lowest BCUT2D eigenvalue weighted by atomic mass is 10.2. The molecule has 0 aliphatic heterocycles. The van der Waals surface area contributed by atoms with Gasteiger partial charge in [-0.3, -0.25) is 0 Å². The number of aromatic nitrogens is 1. The van der Waals surface area contributed by atoms with Crippen LogP contribution in [-0.4, -0.2) is 19.2 Å². The van der Waals surface area contributed by atoms with Crippen LogP contribution >= 0.6 is 0 Å².